The topological polar surface area (TPSA) is 10.8 Å². The molecule has 0 spiro atoms. The maximum atomic E-state index is 13.6. The van der Waals surface area contributed by atoms with E-state index in [9.17, 15) is 13.2 Å². The van der Waals surface area contributed by atoms with Crippen LogP contribution in [0.5, 0.6) is 0 Å². The fourth-order valence-electron chi connectivity index (χ4n) is 3.86. The van der Waals surface area contributed by atoms with E-state index in [0.29, 0.717) is 17.3 Å². The first-order valence-electron chi connectivity index (χ1n) is 9.64. The minimum atomic E-state index is -4.59. The number of anilines is 1. The van der Waals surface area contributed by atoms with Crippen molar-refractivity contribution in [3.05, 3.63) is 82.2 Å². The lowest BCUT2D eigenvalue weighted by Gasteiger charge is -2.32. The van der Waals surface area contributed by atoms with E-state index in [0.717, 1.165) is 43.3 Å². The highest BCUT2D eigenvalue weighted by Gasteiger charge is 2.35. The summed E-state index contributed by atoms with van der Waals surface area (Å²) in [6.07, 6.45) is -3.77. The molecule has 158 valence electrons. The summed E-state index contributed by atoms with van der Waals surface area (Å²) in [6.45, 7) is 15.7. The van der Waals surface area contributed by atoms with E-state index in [2.05, 4.69) is 16.3 Å². The molecule has 0 radical (unpaired) electrons. The molecule has 1 aliphatic heterocycles. The minimum absolute atomic E-state index is 0.0282. The van der Waals surface area contributed by atoms with Gasteiger partial charge < -0.3 is 4.90 Å². The van der Waals surface area contributed by atoms with Gasteiger partial charge in [0.05, 0.1) is 12.1 Å². The second kappa shape index (κ2) is 9.11. The summed E-state index contributed by atoms with van der Waals surface area (Å²) >= 11 is 6.34. The van der Waals surface area contributed by atoms with Crippen LogP contribution in [0.3, 0.4) is 0 Å². The van der Waals surface area contributed by atoms with Crippen molar-refractivity contribution in [2.75, 3.05) is 24.5 Å². The summed E-state index contributed by atoms with van der Waals surface area (Å²) in [5.41, 5.74) is 1.04. The Morgan fingerprint density at radius 3 is 2.67 bits per heavy atom. The fraction of sp³-hybridized carbons (Fsp3) is 0.348. The van der Waals surface area contributed by atoms with Crippen LogP contribution in [0.25, 0.3) is 4.85 Å². The third kappa shape index (κ3) is 5.16. The molecule has 2 aromatic carbocycles. The molecule has 30 heavy (non-hydrogen) atoms. The molecule has 3 rings (SSSR count). The van der Waals surface area contributed by atoms with Crippen LogP contribution < -0.4 is 4.90 Å². The van der Waals surface area contributed by atoms with Crippen LogP contribution in [0.15, 0.2) is 54.6 Å². The minimum Gasteiger partial charge on any atom is -0.363 e. The van der Waals surface area contributed by atoms with E-state index in [-0.39, 0.29) is 11.7 Å². The van der Waals surface area contributed by atoms with Crippen molar-refractivity contribution < 1.29 is 13.2 Å². The Morgan fingerprint density at radius 1 is 1.30 bits per heavy atom. The van der Waals surface area contributed by atoms with Gasteiger partial charge in [-0.05, 0) is 37.1 Å². The molecule has 1 aliphatic rings. The Kier molecular flexibility index (Phi) is 6.74. The van der Waals surface area contributed by atoms with Crippen LogP contribution in [0, 0.1) is 6.57 Å². The van der Waals surface area contributed by atoms with Crippen molar-refractivity contribution in [2.24, 2.45) is 0 Å². The van der Waals surface area contributed by atoms with Gasteiger partial charge in [-0.25, -0.2) is 4.85 Å². The predicted molar refractivity (Wildman–Crippen MR) is 115 cm³/mol. The molecule has 1 fully saturated rings. The standard InChI is InChI=1S/C23H23ClF3N3/c1-16(2)13-29-11-10-19(15-29)30(14-17-6-4-5-7-21(17)24)18-8-9-22(28-3)20(12-18)23(25,26)27/h4-9,12,19H,1,10-11,13-15H2,2H3/t19-/m0/s1. The lowest BCUT2D eigenvalue weighted by atomic mass is 10.1. The van der Waals surface area contributed by atoms with Crippen molar-refractivity contribution >= 4 is 23.0 Å². The van der Waals surface area contributed by atoms with Gasteiger partial charge in [-0.2, -0.15) is 13.2 Å². The quantitative estimate of drug-likeness (QED) is 0.377. The van der Waals surface area contributed by atoms with E-state index in [4.69, 9.17) is 18.2 Å². The van der Waals surface area contributed by atoms with Crippen LogP contribution in [0.4, 0.5) is 24.5 Å². The Morgan fingerprint density at radius 2 is 2.03 bits per heavy atom. The summed E-state index contributed by atoms with van der Waals surface area (Å²) < 4.78 is 40.7. The summed E-state index contributed by atoms with van der Waals surface area (Å²) in [4.78, 5) is 7.28. The van der Waals surface area contributed by atoms with Crippen LogP contribution in [0.2, 0.25) is 5.02 Å². The van der Waals surface area contributed by atoms with Gasteiger partial charge in [-0.3, -0.25) is 4.90 Å². The highest BCUT2D eigenvalue weighted by atomic mass is 35.5. The molecule has 3 nitrogen and oxygen atoms in total. The molecule has 0 N–H and O–H groups in total. The molecular weight excluding hydrogens is 411 g/mol. The predicted octanol–water partition coefficient (Wildman–Crippen LogP) is 6.57. The van der Waals surface area contributed by atoms with E-state index >= 15 is 0 Å². The van der Waals surface area contributed by atoms with Crippen LogP contribution in [0.1, 0.15) is 24.5 Å². The largest absolute Gasteiger partial charge is 0.407 e. The molecule has 1 atom stereocenters. The maximum absolute atomic E-state index is 13.6. The van der Waals surface area contributed by atoms with E-state index in [1.165, 1.54) is 6.07 Å². The molecule has 0 bridgehead atoms. The fourth-order valence-corrected chi connectivity index (χ4v) is 4.06. The third-order valence-electron chi connectivity index (χ3n) is 5.22. The smallest absolute Gasteiger partial charge is 0.363 e. The van der Waals surface area contributed by atoms with Gasteiger partial charge in [0.15, 0.2) is 5.69 Å². The van der Waals surface area contributed by atoms with Gasteiger partial charge in [0.1, 0.15) is 0 Å². The maximum Gasteiger partial charge on any atom is 0.407 e. The zero-order chi connectivity index (χ0) is 21.9. The summed E-state index contributed by atoms with van der Waals surface area (Å²) in [5, 5.41) is 0.577. The van der Waals surface area contributed by atoms with Crippen LogP contribution in [-0.4, -0.2) is 30.6 Å². The number of nitrogens with zero attached hydrogens (tertiary/aromatic N) is 3. The molecule has 2 aromatic rings. The third-order valence-corrected chi connectivity index (χ3v) is 5.59. The van der Waals surface area contributed by atoms with Crippen molar-refractivity contribution in [3.63, 3.8) is 0 Å². The average Bonchev–Trinajstić information content (AvgIpc) is 3.13. The second-order valence-electron chi connectivity index (χ2n) is 7.67. The Balaban J connectivity index is 1.99. The molecule has 0 aromatic heterocycles. The lowest BCUT2D eigenvalue weighted by molar-refractivity contribution is -0.136. The van der Waals surface area contributed by atoms with Gasteiger partial charge in [0.2, 0.25) is 0 Å². The van der Waals surface area contributed by atoms with Crippen molar-refractivity contribution in [2.45, 2.75) is 32.1 Å². The number of hydrogen-bond acceptors (Lipinski definition) is 2. The van der Waals surface area contributed by atoms with Crippen LogP contribution in [-0.2, 0) is 12.7 Å². The zero-order valence-electron chi connectivity index (χ0n) is 16.7. The van der Waals surface area contributed by atoms with Gasteiger partial charge in [-0.15, -0.1) is 0 Å². The van der Waals surface area contributed by atoms with Gasteiger partial charge >= 0.3 is 6.18 Å². The summed E-state index contributed by atoms with van der Waals surface area (Å²) in [7, 11) is 0. The number of alkyl halides is 3. The second-order valence-corrected chi connectivity index (χ2v) is 8.07. The van der Waals surface area contributed by atoms with E-state index in [1.807, 2.05) is 30.0 Å². The molecule has 1 saturated heterocycles. The first kappa shape index (κ1) is 22.2. The zero-order valence-corrected chi connectivity index (χ0v) is 17.5. The Hall–Kier alpha value is -2.49. The van der Waals surface area contributed by atoms with E-state index in [1.54, 1.807) is 12.1 Å². The number of hydrogen-bond donors (Lipinski definition) is 0. The van der Waals surface area contributed by atoms with Crippen molar-refractivity contribution in [3.8, 4) is 0 Å². The van der Waals surface area contributed by atoms with Crippen LogP contribution >= 0.6 is 11.6 Å². The lowest BCUT2D eigenvalue weighted by Crippen LogP contribution is -2.37. The Bertz CT molecular complexity index is 965. The first-order valence-corrected chi connectivity index (χ1v) is 10.0. The molecule has 7 heteroatoms. The molecule has 0 unspecified atom stereocenters. The Labute approximate surface area is 180 Å². The van der Waals surface area contributed by atoms with Crippen molar-refractivity contribution in [1.29, 1.82) is 0 Å². The number of benzene rings is 2. The molecule has 0 aliphatic carbocycles. The molecule has 0 saturated carbocycles. The normalized spacial score (nSPS) is 17.0. The summed E-state index contributed by atoms with van der Waals surface area (Å²) in [5.74, 6) is 0. The highest BCUT2D eigenvalue weighted by Crippen LogP contribution is 2.40. The monoisotopic (exact) mass is 433 g/mol. The van der Waals surface area contributed by atoms with Gasteiger partial charge in [-0.1, -0.05) is 48.0 Å². The molecule has 0 amide bonds. The number of halogens is 4. The van der Waals surface area contributed by atoms with E-state index < -0.39 is 11.7 Å². The van der Waals surface area contributed by atoms with Crippen molar-refractivity contribution in [1.82, 2.24) is 4.90 Å². The number of rotatable bonds is 6. The highest BCUT2D eigenvalue weighted by molar-refractivity contribution is 6.31. The average molecular weight is 434 g/mol. The SMILES string of the molecule is [C-]#[N+]c1ccc(N(Cc2ccccc2Cl)[C@H]2CCN(CC(=C)C)C2)cc1C(F)(F)F. The van der Waals surface area contributed by atoms with Gasteiger partial charge in [0.25, 0.3) is 0 Å². The molecular formula is C23H23ClF3N3. The molecule has 1 heterocycles. The number of likely N-dealkylation sites (tertiary alicyclic amines) is 1. The first-order chi connectivity index (χ1) is 14.2. The summed E-state index contributed by atoms with van der Waals surface area (Å²) in [6, 6.07) is 11.3. The van der Waals surface area contributed by atoms with Gasteiger partial charge in [0, 0.05) is 42.9 Å².